The van der Waals surface area contributed by atoms with Crippen LogP contribution in [-0.4, -0.2) is 18.3 Å². The molecule has 0 aromatic carbocycles. The molecule has 0 saturated carbocycles. The van der Waals surface area contributed by atoms with Gasteiger partial charge in [-0.2, -0.15) is 0 Å². The molecule has 0 radical (unpaired) electrons. The Balaban J connectivity index is 2.03. The highest BCUT2D eigenvalue weighted by Crippen LogP contribution is 2.36. The van der Waals surface area contributed by atoms with E-state index >= 15 is 0 Å². The Bertz CT molecular complexity index is 389. The molecule has 0 amide bonds. The summed E-state index contributed by atoms with van der Waals surface area (Å²) in [5, 5.41) is 12.9. The van der Waals surface area contributed by atoms with E-state index in [1.165, 1.54) is 27.7 Å². The molecular weight excluding hydrogens is 345 g/mol. The van der Waals surface area contributed by atoms with Gasteiger partial charge < -0.3 is 10.4 Å². The summed E-state index contributed by atoms with van der Waals surface area (Å²) in [6, 6.07) is 2.81. The second-order valence-electron chi connectivity index (χ2n) is 5.58. The highest BCUT2D eigenvalue weighted by atomic mass is 127. The zero-order valence-electron chi connectivity index (χ0n) is 10.4. The van der Waals surface area contributed by atoms with Crippen LogP contribution in [-0.2, 0) is 6.42 Å². The predicted octanol–water partition coefficient (Wildman–Crippen LogP) is 3.34. The highest BCUT2D eigenvalue weighted by molar-refractivity contribution is 14.1. The molecule has 1 unspecified atom stereocenters. The first-order valence-electron chi connectivity index (χ1n) is 6.14. The van der Waals surface area contributed by atoms with Gasteiger partial charge in [-0.3, -0.25) is 0 Å². The lowest BCUT2D eigenvalue weighted by molar-refractivity contribution is 0.152. The number of thiophene rings is 1. The van der Waals surface area contributed by atoms with E-state index in [1.54, 1.807) is 4.88 Å². The number of hydrogen-bond donors (Lipinski definition) is 2. The average Bonchev–Trinajstić information content (AvgIpc) is 2.67. The van der Waals surface area contributed by atoms with Crippen LogP contribution in [0.15, 0.2) is 6.07 Å². The van der Waals surface area contributed by atoms with Crippen LogP contribution in [0.5, 0.6) is 0 Å². The molecule has 1 aliphatic carbocycles. The molecule has 1 heterocycles. The van der Waals surface area contributed by atoms with Crippen molar-refractivity contribution in [1.29, 1.82) is 0 Å². The number of rotatable bonds is 4. The lowest BCUT2D eigenvalue weighted by Crippen LogP contribution is -2.35. The number of halogens is 1. The quantitative estimate of drug-likeness (QED) is 0.803. The van der Waals surface area contributed by atoms with Gasteiger partial charge in [0.1, 0.15) is 0 Å². The molecule has 4 heteroatoms. The molecular formula is C13H20INOS. The summed E-state index contributed by atoms with van der Waals surface area (Å²) < 4.78 is 1.39. The minimum absolute atomic E-state index is 0.0270. The molecule has 0 saturated heterocycles. The van der Waals surface area contributed by atoms with Gasteiger partial charge in [-0.05, 0) is 53.5 Å². The van der Waals surface area contributed by atoms with Crippen LogP contribution in [0.3, 0.4) is 0 Å². The highest BCUT2D eigenvalue weighted by Gasteiger charge is 2.24. The van der Waals surface area contributed by atoms with E-state index in [4.69, 9.17) is 0 Å². The number of aliphatic hydroxyl groups excluding tert-OH is 1. The van der Waals surface area contributed by atoms with Crippen LogP contribution < -0.4 is 5.32 Å². The standard InChI is InChI=1S/C13H20INOS/c1-13(2,8-16)7-15-10-4-3-5-11-9(10)6-12(14)17-11/h6,10,15-16H,3-5,7-8H2,1-2H3. The van der Waals surface area contributed by atoms with Gasteiger partial charge in [0, 0.05) is 29.5 Å². The molecule has 17 heavy (non-hydrogen) atoms. The van der Waals surface area contributed by atoms with Gasteiger partial charge in [0.15, 0.2) is 0 Å². The first-order valence-corrected chi connectivity index (χ1v) is 8.04. The van der Waals surface area contributed by atoms with Crippen molar-refractivity contribution >= 4 is 33.9 Å². The summed E-state index contributed by atoms with van der Waals surface area (Å²) in [5.74, 6) is 0. The van der Waals surface area contributed by atoms with E-state index in [2.05, 4.69) is 47.8 Å². The summed E-state index contributed by atoms with van der Waals surface area (Å²) >= 11 is 4.34. The summed E-state index contributed by atoms with van der Waals surface area (Å²) in [6.07, 6.45) is 3.74. The molecule has 1 aliphatic rings. The molecule has 1 aromatic rings. The first kappa shape index (κ1) is 13.8. The second kappa shape index (κ2) is 5.55. The van der Waals surface area contributed by atoms with Gasteiger partial charge in [0.05, 0.1) is 2.88 Å². The molecule has 0 spiro atoms. The van der Waals surface area contributed by atoms with Crippen LogP contribution in [0.25, 0.3) is 0 Å². The third-order valence-electron chi connectivity index (χ3n) is 3.34. The monoisotopic (exact) mass is 365 g/mol. The third-order valence-corrected chi connectivity index (χ3v) is 5.31. The van der Waals surface area contributed by atoms with Crippen LogP contribution in [0.1, 0.15) is 43.2 Å². The van der Waals surface area contributed by atoms with Gasteiger partial charge >= 0.3 is 0 Å². The van der Waals surface area contributed by atoms with Gasteiger partial charge in [-0.15, -0.1) is 11.3 Å². The molecule has 2 rings (SSSR count). The van der Waals surface area contributed by atoms with Crippen molar-refractivity contribution in [2.24, 2.45) is 5.41 Å². The topological polar surface area (TPSA) is 32.3 Å². The minimum Gasteiger partial charge on any atom is -0.396 e. The maximum absolute atomic E-state index is 9.28. The Labute approximate surface area is 121 Å². The molecule has 2 N–H and O–H groups in total. The van der Waals surface area contributed by atoms with Crippen LogP contribution in [0.2, 0.25) is 0 Å². The summed E-state index contributed by atoms with van der Waals surface area (Å²) in [6.45, 7) is 5.31. The van der Waals surface area contributed by atoms with Crippen LogP contribution in [0, 0.1) is 8.30 Å². The Hall–Kier alpha value is 0.350. The fourth-order valence-electron chi connectivity index (χ4n) is 2.19. The minimum atomic E-state index is -0.0270. The number of aryl methyl sites for hydroxylation is 1. The van der Waals surface area contributed by atoms with Crippen molar-refractivity contribution in [3.63, 3.8) is 0 Å². The zero-order valence-corrected chi connectivity index (χ0v) is 13.4. The number of fused-ring (bicyclic) bond motifs is 1. The maximum atomic E-state index is 9.28. The number of hydrogen-bond acceptors (Lipinski definition) is 3. The number of aliphatic hydroxyl groups is 1. The average molecular weight is 365 g/mol. The van der Waals surface area contributed by atoms with Gasteiger partial charge in [0.25, 0.3) is 0 Å². The second-order valence-corrected chi connectivity index (χ2v) is 8.61. The summed E-state index contributed by atoms with van der Waals surface area (Å²) in [5.41, 5.74) is 1.47. The zero-order chi connectivity index (χ0) is 12.5. The van der Waals surface area contributed by atoms with Crippen LogP contribution >= 0.6 is 33.9 Å². The summed E-state index contributed by atoms with van der Waals surface area (Å²) in [7, 11) is 0. The van der Waals surface area contributed by atoms with E-state index in [1.807, 2.05) is 11.3 Å². The van der Waals surface area contributed by atoms with Gasteiger partial charge in [0.2, 0.25) is 0 Å². The smallest absolute Gasteiger partial charge is 0.0659 e. The normalized spacial score (nSPS) is 20.4. The van der Waals surface area contributed by atoms with E-state index in [9.17, 15) is 5.11 Å². The van der Waals surface area contributed by atoms with Crippen molar-refractivity contribution in [3.8, 4) is 0 Å². The Kier molecular flexibility index (Phi) is 4.50. The van der Waals surface area contributed by atoms with E-state index in [0.717, 1.165) is 6.54 Å². The molecule has 2 nitrogen and oxygen atoms in total. The molecule has 0 aliphatic heterocycles. The van der Waals surface area contributed by atoms with Crippen molar-refractivity contribution in [3.05, 3.63) is 19.4 Å². The van der Waals surface area contributed by atoms with Gasteiger partial charge in [-0.25, -0.2) is 0 Å². The SMILES string of the molecule is CC(C)(CO)CNC1CCCc2sc(I)cc21. The van der Waals surface area contributed by atoms with Crippen molar-refractivity contribution in [2.75, 3.05) is 13.2 Å². The Morgan fingerprint density at radius 1 is 1.59 bits per heavy atom. The molecule has 1 atom stereocenters. The maximum Gasteiger partial charge on any atom is 0.0659 e. The third kappa shape index (κ3) is 3.43. The Morgan fingerprint density at radius 2 is 2.35 bits per heavy atom. The molecule has 0 bridgehead atoms. The molecule has 0 fully saturated rings. The lowest BCUT2D eigenvalue weighted by atomic mass is 9.91. The van der Waals surface area contributed by atoms with Crippen molar-refractivity contribution in [1.82, 2.24) is 5.32 Å². The van der Waals surface area contributed by atoms with Crippen molar-refractivity contribution in [2.45, 2.75) is 39.2 Å². The lowest BCUT2D eigenvalue weighted by Gasteiger charge is -2.29. The molecule has 1 aromatic heterocycles. The first-order chi connectivity index (χ1) is 8.02. The van der Waals surface area contributed by atoms with Gasteiger partial charge in [-0.1, -0.05) is 13.8 Å². The summed E-state index contributed by atoms with van der Waals surface area (Å²) in [4.78, 5) is 1.56. The molecule has 96 valence electrons. The van der Waals surface area contributed by atoms with Crippen molar-refractivity contribution < 1.29 is 5.11 Å². The van der Waals surface area contributed by atoms with E-state index in [0.29, 0.717) is 6.04 Å². The van der Waals surface area contributed by atoms with Crippen LogP contribution in [0.4, 0.5) is 0 Å². The Morgan fingerprint density at radius 3 is 3.06 bits per heavy atom. The fourth-order valence-corrected chi connectivity index (χ4v) is 4.31. The van der Waals surface area contributed by atoms with E-state index in [-0.39, 0.29) is 12.0 Å². The largest absolute Gasteiger partial charge is 0.396 e. The predicted molar refractivity (Wildman–Crippen MR) is 81.6 cm³/mol. The number of nitrogens with one attached hydrogen (secondary N) is 1. The van der Waals surface area contributed by atoms with E-state index < -0.39 is 0 Å². The fraction of sp³-hybridized carbons (Fsp3) is 0.692.